The standard InChI is InChI=1S/C11H16N2O2S2/c1-16-11(5-6-11)8-13-17(14,15)10-4-2-3-9(12)7-10/h2-4,7,13H,5-6,8,12H2,1H3. The number of hydrogen-bond acceptors (Lipinski definition) is 4. The van der Waals surface area contributed by atoms with Gasteiger partial charge in [0.05, 0.1) is 4.90 Å². The third-order valence-electron chi connectivity index (χ3n) is 2.99. The van der Waals surface area contributed by atoms with E-state index in [0.717, 1.165) is 12.8 Å². The Morgan fingerprint density at radius 3 is 2.71 bits per heavy atom. The van der Waals surface area contributed by atoms with Crippen molar-refractivity contribution in [1.29, 1.82) is 0 Å². The zero-order chi connectivity index (χ0) is 12.5. The molecule has 2 rings (SSSR count). The molecule has 0 saturated heterocycles. The lowest BCUT2D eigenvalue weighted by Gasteiger charge is -2.13. The number of thioether (sulfide) groups is 1. The summed E-state index contributed by atoms with van der Waals surface area (Å²) in [5.41, 5.74) is 6.04. The van der Waals surface area contributed by atoms with E-state index in [-0.39, 0.29) is 9.64 Å². The van der Waals surface area contributed by atoms with E-state index in [1.165, 1.54) is 6.07 Å². The molecular weight excluding hydrogens is 256 g/mol. The molecule has 0 aromatic heterocycles. The van der Waals surface area contributed by atoms with Crippen molar-refractivity contribution in [3.05, 3.63) is 24.3 Å². The molecule has 0 aliphatic heterocycles. The van der Waals surface area contributed by atoms with Crippen LogP contribution in [0.5, 0.6) is 0 Å². The van der Waals surface area contributed by atoms with Gasteiger partial charge in [-0.3, -0.25) is 0 Å². The maximum Gasteiger partial charge on any atom is 0.240 e. The fourth-order valence-electron chi connectivity index (χ4n) is 1.58. The largest absolute Gasteiger partial charge is 0.399 e. The first-order chi connectivity index (χ1) is 7.97. The van der Waals surface area contributed by atoms with Gasteiger partial charge in [0.15, 0.2) is 0 Å². The summed E-state index contributed by atoms with van der Waals surface area (Å²) in [6, 6.07) is 6.34. The molecule has 1 aliphatic carbocycles. The molecule has 1 saturated carbocycles. The monoisotopic (exact) mass is 272 g/mol. The minimum Gasteiger partial charge on any atom is -0.399 e. The summed E-state index contributed by atoms with van der Waals surface area (Å²) in [7, 11) is -3.43. The van der Waals surface area contributed by atoms with Gasteiger partial charge in [0, 0.05) is 17.0 Å². The van der Waals surface area contributed by atoms with Crippen LogP contribution in [0.1, 0.15) is 12.8 Å². The van der Waals surface area contributed by atoms with Crippen LogP contribution >= 0.6 is 11.8 Å². The van der Waals surface area contributed by atoms with E-state index in [2.05, 4.69) is 4.72 Å². The minimum atomic E-state index is -3.43. The van der Waals surface area contributed by atoms with Crippen molar-refractivity contribution in [2.45, 2.75) is 22.5 Å². The summed E-state index contributed by atoms with van der Waals surface area (Å²) in [4.78, 5) is 0.231. The number of nitrogens with one attached hydrogen (secondary N) is 1. The van der Waals surface area contributed by atoms with Crippen LogP contribution in [-0.2, 0) is 10.0 Å². The maximum atomic E-state index is 12.0. The van der Waals surface area contributed by atoms with Crippen LogP contribution in [0.3, 0.4) is 0 Å². The quantitative estimate of drug-likeness (QED) is 0.796. The second-order valence-electron chi connectivity index (χ2n) is 4.28. The molecule has 4 nitrogen and oxygen atoms in total. The highest BCUT2D eigenvalue weighted by molar-refractivity contribution is 8.00. The fourth-order valence-corrected chi connectivity index (χ4v) is 3.58. The van der Waals surface area contributed by atoms with Gasteiger partial charge in [-0.05, 0) is 37.3 Å². The van der Waals surface area contributed by atoms with Crippen molar-refractivity contribution in [1.82, 2.24) is 4.72 Å². The molecule has 0 spiro atoms. The summed E-state index contributed by atoms with van der Waals surface area (Å²) in [6.07, 6.45) is 4.17. The minimum absolute atomic E-state index is 0.118. The summed E-state index contributed by atoms with van der Waals surface area (Å²) in [5.74, 6) is 0. The lowest BCUT2D eigenvalue weighted by Crippen LogP contribution is -2.31. The van der Waals surface area contributed by atoms with Gasteiger partial charge in [-0.2, -0.15) is 11.8 Å². The van der Waals surface area contributed by atoms with Crippen LogP contribution in [0.15, 0.2) is 29.2 Å². The fraction of sp³-hybridized carbons (Fsp3) is 0.455. The van der Waals surface area contributed by atoms with Gasteiger partial charge in [-0.15, -0.1) is 0 Å². The molecule has 94 valence electrons. The smallest absolute Gasteiger partial charge is 0.240 e. The molecule has 0 bridgehead atoms. The average Bonchev–Trinajstić information content (AvgIpc) is 3.07. The summed E-state index contributed by atoms with van der Waals surface area (Å²) in [6.45, 7) is 0.491. The summed E-state index contributed by atoms with van der Waals surface area (Å²) in [5, 5.41) is 0. The molecule has 0 heterocycles. The SMILES string of the molecule is CSC1(CNS(=O)(=O)c2cccc(N)c2)CC1. The highest BCUT2D eigenvalue weighted by Gasteiger charge is 2.42. The van der Waals surface area contributed by atoms with Gasteiger partial charge < -0.3 is 5.73 Å². The molecule has 0 unspecified atom stereocenters. The lowest BCUT2D eigenvalue weighted by atomic mass is 10.3. The average molecular weight is 272 g/mol. The van der Waals surface area contributed by atoms with Crippen molar-refractivity contribution < 1.29 is 8.42 Å². The van der Waals surface area contributed by atoms with Crippen molar-refractivity contribution in [3.63, 3.8) is 0 Å². The van der Waals surface area contributed by atoms with Crippen molar-refractivity contribution >= 4 is 27.5 Å². The number of benzene rings is 1. The Kier molecular flexibility index (Phi) is 3.38. The molecule has 1 aromatic carbocycles. The predicted octanol–water partition coefficient (Wildman–Crippen LogP) is 1.44. The number of nitrogens with two attached hydrogens (primary N) is 1. The van der Waals surface area contributed by atoms with E-state index in [1.807, 2.05) is 6.26 Å². The third-order valence-corrected chi connectivity index (χ3v) is 5.81. The molecule has 1 aliphatic rings. The normalized spacial score (nSPS) is 17.9. The first kappa shape index (κ1) is 12.7. The molecule has 17 heavy (non-hydrogen) atoms. The van der Waals surface area contributed by atoms with Crippen molar-refractivity contribution in [2.75, 3.05) is 18.5 Å². The van der Waals surface area contributed by atoms with Crippen molar-refractivity contribution in [3.8, 4) is 0 Å². The Labute approximate surface area is 106 Å². The van der Waals surface area contributed by atoms with E-state index < -0.39 is 10.0 Å². The zero-order valence-corrected chi connectivity index (χ0v) is 11.3. The van der Waals surface area contributed by atoms with Gasteiger partial charge in [-0.25, -0.2) is 13.1 Å². The maximum absolute atomic E-state index is 12.0. The number of nitrogen functional groups attached to an aromatic ring is 1. The van der Waals surface area contributed by atoms with Gasteiger partial charge in [0.2, 0.25) is 10.0 Å². The Morgan fingerprint density at radius 2 is 2.18 bits per heavy atom. The predicted molar refractivity (Wildman–Crippen MR) is 71.5 cm³/mol. The van der Waals surface area contributed by atoms with Crippen LogP contribution in [0.4, 0.5) is 5.69 Å². The summed E-state index contributed by atoms with van der Waals surface area (Å²) < 4.78 is 26.8. The number of hydrogen-bond donors (Lipinski definition) is 2. The van der Waals surface area contributed by atoms with Crippen LogP contribution in [0, 0.1) is 0 Å². The second-order valence-corrected chi connectivity index (χ2v) is 7.33. The highest BCUT2D eigenvalue weighted by Crippen LogP contribution is 2.46. The Bertz CT molecular complexity index is 510. The Hall–Kier alpha value is -0.720. The molecule has 0 atom stereocenters. The van der Waals surface area contributed by atoms with E-state index in [0.29, 0.717) is 12.2 Å². The first-order valence-electron chi connectivity index (χ1n) is 5.38. The number of anilines is 1. The lowest BCUT2D eigenvalue weighted by molar-refractivity contribution is 0.580. The van der Waals surface area contributed by atoms with Crippen LogP contribution in [0.25, 0.3) is 0 Å². The molecule has 3 N–H and O–H groups in total. The molecule has 6 heteroatoms. The van der Waals surface area contributed by atoms with Gasteiger partial charge in [0.1, 0.15) is 0 Å². The zero-order valence-electron chi connectivity index (χ0n) is 9.64. The van der Waals surface area contributed by atoms with E-state index in [9.17, 15) is 8.42 Å². The van der Waals surface area contributed by atoms with Gasteiger partial charge >= 0.3 is 0 Å². The van der Waals surface area contributed by atoms with Crippen LogP contribution < -0.4 is 10.5 Å². The number of sulfonamides is 1. The third kappa shape index (κ3) is 2.94. The van der Waals surface area contributed by atoms with Crippen LogP contribution in [0.2, 0.25) is 0 Å². The van der Waals surface area contributed by atoms with E-state index in [4.69, 9.17) is 5.73 Å². The Balaban J connectivity index is 2.09. The van der Waals surface area contributed by atoms with Gasteiger partial charge in [0.25, 0.3) is 0 Å². The molecular formula is C11H16N2O2S2. The number of rotatable bonds is 5. The molecule has 1 fully saturated rings. The van der Waals surface area contributed by atoms with E-state index in [1.54, 1.807) is 30.0 Å². The molecule has 1 aromatic rings. The Morgan fingerprint density at radius 1 is 1.47 bits per heavy atom. The van der Waals surface area contributed by atoms with Crippen molar-refractivity contribution in [2.24, 2.45) is 0 Å². The first-order valence-corrected chi connectivity index (χ1v) is 8.09. The highest BCUT2D eigenvalue weighted by atomic mass is 32.2. The van der Waals surface area contributed by atoms with Crippen LogP contribution in [-0.4, -0.2) is 26.0 Å². The molecule has 0 amide bonds. The topological polar surface area (TPSA) is 72.2 Å². The van der Waals surface area contributed by atoms with Gasteiger partial charge in [-0.1, -0.05) is 6.07 Å². The molecule has 0 radical (unpaired) electrons. The van der Waals surface area contributed by atoms with E-state index >= 15 is 0 Å². The summed E-state index contributed by atoms with van der Waals surface area (Å²) >= 11 is 1.73. The second kappa shape index (κ2) is 4.51.